The fourth-order valence-corrected chi connectivity index (χ4v) is 3.29. The van der Waals surface area contributed by atoms with Crippen LogP contribution in [0.2, 0.25) is 0 Å². The van der Waals surface area contributed by atoms with Gasteiger partial charge in [-0.05, 0) is 31.4 Å². The zero-order chi connectivity index (χ0) is 11.7. The minimum atomic E-state index is -0.611. The molecule has 0 bridgehead atoms. The fraction of sp³-hybridized carbons (Fsp3) is 0.909. The number of rotatable bonds is 3. The van der Waals surface area contributed by atoms with E-state index in [1.165, 1.54) is 12.2 Å². The summed E-state index contributed by atoms with van der Waals surface area (Å²) in [5.41, 5.74) is 5.00. The summed E-state index contributed by atoms with van der Waals surface area (Å²) in [6.07, 6.45) is 1.18. The highest BCUT2D eigenvalue weighted by molar-refractivity contribution is 7.99. The first-order valence-electron chi connectivity index (χ1n) is 5.41. The summed E-state index contributed by atoms with van der Waals surface area (Å²) in [6, 6.07) is 0.360. The Kier molecular flexibility index (Phi) is 3.71. The average molecular weight is 230 g/mol. The summed E-state index contributed by atoms with van der Waals surface area (Å²) in [7, 11) is 0. The van der Waals surface area contributed by atoms with Crippen LogP contribution >= 0.6 is 11.8 Å². The maximum Gasteiger partial charge on any atom is 0.237 e. The van der Waals surface area contributed by atoms with Gasteiger partial charge in [-0.3, -0.25) is 10.1 Å². The lowest BCUT2D eigenvalue weighted by Crippen LogP contribution is -2.59. The molecule has 1 aliphatic rings. The van der Waals surface area contributed by atoms with E-state index in [1.54, 1.807) is 0 Å². The smallest absolute Gasteiger partial charge is 0.237 e. The molecule has 1 saturated heterocycles. The Labute approximate surface area is 96.6 Å². The van der Waals surface area contributed by atoms with Crippen LogP contribution in [0.15, 0.2) is 0 Å². The summed E-state index contributed by atoms with van der Waals surface area (Å²) < 4.78 is 0. The number of carbonyl (C=O) groups excluding carboxylic acids is 1. The highest BCUT2D eigenvalue weighted by Gasteiger charge is 2.37. The molecule has 88 valence electrons. The van der Waals surface area contributed by atoms with E-state index in [4.69, 9.17) is 5.73 Å². The van der Waals surface area contributed by atoms with Crippen LogP contribution < -0.4 is 11.1 Å². The van der Waals surface area contributed by atoms with E-state index in [0.29, 0.717) is 6.04 Å². The number of hydrogen-bond acceptors (Lipinski definition) is 3. The average Bonchev–Trinajstić information content (AvgIpc) is 2.08. The number of nitrogens with one attached hydrogen (secondary N) is 1. The lowest BCUT2D eigenvalue weighted by Gasteiger charge is -2.42. The van der Waals surface area contributed by atoms with Crippen molar-refractivity contribution in [3.63, 3.8) is 0 Å². The second-order valence-corrected chi connectivity index (χ2v) is 6.65. The van der Waals surface area contributed by atoms with E-state index in [0.717, 1.165) is 5.75 Å². The van der Waals surface area contributed by atoms with Gasteiger partial charge < -0.3 is 5.73 Å². The van der Waals surface area contributed by atoms with Crippen molar-refractivity contribution in [2.24, 2.45) is 11.1 Å². The monoisotopic (exact) mass is 230 g/mol. The number of carbonyl (C=O) groups is 1. The van der Waals surface area contributed by atoms with Gasteiger partial charge in [0.05, 0.1) is 5.54 Å². The molecule has 1 heterocycles. The molecule has 0 radical (unpaired) electrons. The van der Waals surface area contributed by atoms with E-state index >= 15 is 0 Å². The molecule has 0 aromatic rings. The molecule has 1 atom stereocenters. The molecular weight excluding hydrogens is 208 g/mol. The van der Waals surface area contributed by atoms with Crippen molar-refractivity contribution in [1.29, 1.82) is 0 Å². The first kappa shape index (κ1) is 12.8. The molecule has 1 amide bonds. The first-order chi connectivity index (χ1) is 6.76. The Balaban J connectivity index is 2.67. The number of amides is 1. The minimum absolute atomic E-state index is 0.248. The SMILES string of the molecule is CC(C)(NC1CSCCC1(C)C)C(N)=O. The van der Waals surface area contributed by atoms with E-state index in [9.17, 15) is 4.79 Å². The van der Waals surface area contributed by atoms with E-state index in [2.05, 4.69) is 19.2 Å². The number of hydrogen-bond donors (Lipinski definition) is 2. The zero-order valence-electron chi connectivity index (χ0n) is 10.1. The van der Waals surface area contributed by atoms with Crippen LogP contribution in [0.25, 0.3) is 0 Å². The highest BCUT2D eigenvalue weighted by atomic mass is 32.2. The zero-order valence-corrected chi connectivity index (χ0v) is 10.9. The molecule has 15 heavy (non-hydrogen) atoms. The van der Waals surface area contributed by atoms with Crippen LogP contribution in [-0.4, -0.2) is 29.0 Å². The molecule has 0 spiro atoms. The summed E-state index contributed by atoms with van der Waals surface area (Å²) in [5, 5.41) is 3.39. The van der Waals surface area contributed by atoms with E-state index in [-0.39, 0.29) is 11.3 Å². The molecule has 3 nitrogen and oxygen atoms in total. The van der Waals surface area contributed by atoms with Crippen LogP contribution in [-0.2, 0) is 4.79 Å². The van der Waals surface area contributed by atoms with Gasteiger partial charge in [-0.1, -0.05) is 13.8 Å². The molecule has 4 heteroatoms. The van der Waals surface area contributed by atoms with Gasteiger partial charge in [-0.15, -0.1) is 0 Å². The first-order valence-corrected chi connectivity index (χ1v) is 6.56. The summed E-state index contributed by atoms with van der Waals surface area (Å²) in [6.45, 7) is 8.21. The third-order valence-corrected chi connectivity index (χ3v) is 4.33. The molecule has 0 aromatic carbocycles. The quantitative estimate of drug-likeness (QED) is 0.770. The molecule has 0 saturated carbocycles. The van der Waals surface area contributed by atoms with Crippen molar-refractivity contribution in [2.45, 2.75) is 45.7 Å². The van der Waals surface area contributed by atoms with Crippen molar-refractivity contribution in [1.82, 2.24) is 5.32 Å². The molecule has 3 N–H and O–H groups in total. The molecular formula is C11H22N2OS. The Morgan fingerprint density at radius 2 is 2.13 bits per heavy atom. The second-order valence-electron chi connectivity index (χ2n) is 5.50. The molecule has 0 aliphatic carbocycles. The predicted octanol–water partition coefficient (Wildman–Crippen LogP) is 1.37. The van der Waals surface area contributed by atoms with Crippen molar-refractivity contribution in [3.8, 4) is 0 Å². The maximum absolute atomic E-state index is 11.3. The molecule has 0 aromatic heterocycles. The minimum Gasteiger partial charge on any atom is -0.368 e. The van der Waals surface area contributed by atoms with Crippen LogP contribution in [0, 0.1) is 5.41 Å². The standard InChI is InChI=1S/C11H22N2OS/c1-10(2)5-6-15-7-8(10)13-11(3,4)9(12)14/h8,13H,5-7H2,1-4H3,(H2,12,14). The van der Waals surface area contributed by atoms with Gasteiger partial charge in [-0.2, -0.15) is 11.8 Å². The van der Waals surface area contributed by atoms with Crippen molar-refractivity contribution in [3.05, 3.63) is 0 Å². The van der Waals surface area contributed by atoms with Gasteiger partial charge in [0.2, 0.25) is 5.91 Å². The Morgan fingerprint density at radius 1 is 1.53 bits per heavy atom. The number of thioether (sulfide) groups is 1. The summed E-state index contributed by atoms with van der Waals surface area (Å²) in [4.78, 5) is 11.3. The Morgan fingerprint density at radius 3 is 2.60 bits per heavy atom. The summed E-state index contributed by atoms with van der Waals surface area (Å²) >= 11 is 1.94. The third kappa shape index (κ3) is 3.11. The van der Waals surface area contributed by atoms with Gasteiger partial charge in [0.15, 0.2) is 0 Å². The summed E-state index contributed by atoms with van der Waals surface area (Å²) in [5.74, 6) is 1.99. The van der Waals surface area contributed by atoms with Crippen LogP contribution in [0.1, 0.15) is 34.1 Å². The van der Waals surface area contributed by atoms with Gasteiger partial charge in [0.25, 0.3) is 0 Å². The van der Waals surface area contributed by atoms with Gasteiger partial charge in [-0.25, -0.2) is 0 Å². The van der Waals surface area contributed by atoms with E-state index in [1.807, 2.05) is 25.6 Å². The predicted molar refractivity (Wildman–Crippen MR) is 65.9 cm³/mol. The van der Waals surface area contributed by atoms with Gasteiger partial charge in [0.1, 0.15) is 0 Å². The van der Waals surface area contributed by atoms with Crippen LogP contribution in [0.3, 0.4) is 0 Å². The topological polar surface area (TPSA) is 55.1 Å². The second kappa shape index (κ2) is 4.34. The van der Waals surface area contributed by atoms with Crippen LogP contribution in [0.5, 0.6) is 0 Å². The van der Waals surface area contributed by atoms with Gasteiger partial charge >= 0.3 is 0 Å². The van der Waals surface area contributed by atoms with E-state index < -0.39 is 5.54 Å². The normalized spacial score (nSPS) is 26.3. The van der Waals surface area contributed by atoms with Crippen LogP contribution in [0.4, 0.5) is 0 Å². The molecule has 1 rings (SSSR count). The Bertz CT molecular complexity index is 251. The van der Waals surface area contributed by atoms with Gasteiger partial charge in [0, 0.05) is 11.8 Å². The lowest BCUT2D eigenvalue weighted by molar-refractivity contribution is -0.123. The maximum atomic E-state index is 11.3. The number of nitrogens with two attached hydrogens (primary N) is 1. The molecule has 1 unspecified atom stereocenters. The molecule has 1 fully saturated rings. The Hall–Kier alpha value is -0.220. The van der Waals surface area contributed by atoms with Crippen molar-refractivity contribution < 1.29 is 4.79 Å². The fourth-order valence-electron chi connectivity index (χ4n) is 1.68. The largest absolute Gasteiger partial charge is 0.368 e. The van der Waals surface area contributed by atoms with Crippen molar-refractivity contribution >= 4 is 17.7 Å². The lowest BCUT2D eigenvalue weighted by atomic mass is 9.81. The van der Waals surface area contributed by atoms with Crippen molar-refractivity contribution in [2.75, 3.05) is 11.5 Å². The number of primary amides is 1. The molecule has 1 aliphatic heterocycles. The third-order valence-electron chi connectivity index (χ3n) is 3.27. The highest BCUT2D eigenvalue weighted by Crippen LogP contribution is 2.35.